The van der Waals surface area contributed by atoms with Crippen LogP contribution < -0.4 is 11.3 Å². The monoisotopic (exact) mass is 195 g/mol. The predicted octanol–water partition coefficient (Wildman–Crippen LogP) is 0.507. The van der Waals surface area contributed by atoms with Gasteiger partial charge in [-0.25, -0.2) is 5.84 Å². The molecule has 74 valence electrons. The molecule has 0 spiro atoms. The number of nitro groups is 1. The fraction of sp³-hybridized carbons (Fsp3) is 0.125. The second-order valence-electron chi connectivity index (χ2n) is 2.70. The number of nitrogens with zero attached hydrogens (tertiary/aromatic N) is 1. The van der Waals surface area contributed by atoms with Crippen molar-refractivity contribution in [1.29, 1.82) is 0 Å². The lowest BCUT2D eigenvalue weighted by atomic mass is 10.1. The normalized spacial score (nSPS) is 9.57. The van der Waals surface area contributed by atoms with Crippen molar-refractivity contribution < 1.29 is 9.72 Å². The van der Waals surface area contributed by atoms with Crippen molar-refractivity contribution in [2.45, 2.75) is 6.92 Å². The van der Waals surface area contributed by atoms with Gasteiger partial charge in [-0.15, -0.1) is 0 Å². The molecule has 0 fully saturated rings. The van der Waals surface area contributed by atoms with Crippen LogP contribution in [0.4, 0.5) is 5.69 Å². The van der Waals surface area contributed by atoms with E-state index in [0.29, 0.717) is 5.56 Å². The fourth-order valence-corrected chi connectivity index (χ4v) is 1.17. The van der Waals surface area contributed by atoms with Gasteiger partial charge in [0, 0.05) is 6.07 Å². The summed E-state index contributed by atoms with van der Waals surface area (Å²) in [5.74, 6) is 4.26. The molecule has 14 heavy (non-hydrogen) atoms. The minimum atomic E-state index is -0.658. The lowest BCUT2D eigenvalue weighted by Gasteiger charge is -2.03. The number of nitrogens with two attached hydrogens (primary N) is 1. The Labute approximate surface area is 79.8 Å². The van der Waals surface area contributed by atoms with Crippen LogP contribution >= 0.6 is 0 Å². The number of nitro benzene ring substituents is 1. The SMILES string of the molecule is Cc1cccc([N+](=O)[O-])c1C(=O)NN. The maximum absolute atomic E-state index is 11.2. The summed E-state index contributed by atoms with van der Waals surface area (Å²) in [5, 5.41) is 10.6. The van der Waals surface area contributed by atoms with Crippen LogP contribution in [-0.2, 0) is 0 Å². The summed E-state index contributed by atoms with van der Waals surface area (Å²) in [4.78, 5) is 21.2. The number of hydrogen-bond acceptors (Lipinski definition) is 4. The van der Waals surface area contributed by atoms with Crippen LogP contribution in [0, 0.1) is 17.0 Å². The Morgan fingerprint density at radius 1 is 1.57 bits per heavy atom. The maximum atomic E-state index is 11.2. The first-order chi connectivity index (χ1) is 6.57. The zero-order chi connectivity index (χ0) is 10.7. The molecule has 0 saturated heterocycles. The minimum absolute atomic E-state index is 0.000000000000000222. The van der Waals surface area contributed by atoms with Gasteiger partial charge in [0.2, 0.25) is 0 Å². The Bertz CT molecular complexity index is 389. The van der Waals surface area contributed by atoms with Crippen molar-refractivity contribution in [2.24, 2.45) is 5.84 Å². The second-order valence-corrected chi connectivity index (χ2v) is 2.70. The van der Waals surface area contributed by atoms with E-state index in [1.807, 2.05) is 5.43 Å². The van der Waals surface area contributed by atoms with E-state index < -0.39 is 10.8 Å². The number of rotatable bonds is 2. The van der Waals surface area contributed by atoms with E-state index in [2.05, 4.69) is 0 Å². The molecule has 0 radical (unpaired) electrons. The zero-order valence-corrected chi connectivity index (χ0v) is 7.48. The molecule has 1 amide bonds. The molecule has 0 unspecified atom stereocenters. The van der Waals surface area contributed by atoms with Crippen LogP contribution in [0.1, 0.15) is 15.9 Å². The Hall–Kier alpha value is -1.95. The van der Waals surface area contributed by atoms with Crippen molar-refractivity contribution >= 4 is 11.6 Å². The van der Waals surface area contributed by atoms with Crippen LogP contribution in [0.2, 0.25) is 0 Å². The molecular weight excluding hydrogens is 186 g/mol. The van der Waals surface area contributed by atoms with E-state index >= 15 is 0 Å². The minimum Gasteiger partial charge on any atom is -0.290 e. The molecule has 0 aliphatic carbocycles. The smallest absolute Gasteiger partial charge is 0.282 e. The number of benzene rings is 1. The van der Waals surface area contributed by atoms with E-state index in [4.69, 9.17) is 5.84 Å². The van der Waals surface area contributed by atoms with E-state index in [-0.39, 0.29) is 11.3 Å². The average molecular weight is 195 g/mol. The average Bonchev–Trinajstić information content (AvgIpc) is 2.16. The van der Waals surface area contributed by atoms with Crippen LogP contribution in [0.25, 0.3) is 0 Å². The topological polar surface area (TPSA) is 98.3 Å². The Kier molecular flexibility index (Phi) is 2.78. The maximum Gasteiger partial charge on any atom is 0.282 e. The van der Waals surface area contributed by atoms with E-state index in [0.717, 1.165) is 0 Å². The first kappa shape index (κ1) is 10.1. The van der Waals surface area contributed by atoms with E-state index in [1.165, 1.54) is 12.1 Å². The number of nitrogen functional groups attached to an aromatic ring is 1. The largest absolute Gasteiger partial charge is 0.290 e. The third-order valence-electron chi connectivity index (χ3n) is 1.81. The van der Waals surface area contributed by atoms with Crippen molar-refractivity contribution in [2.75, 3.05) is 0 Å². The van der Waals surface area contributed by atoms with Crippen LogP contribution in [0.5, 0.6) is 0 Å². The number of amides is 1. The fourth-order valence-electron chi connectivity index (χ4n) is 1.17. The van der Waals surface area contributed by atoms with Gasteiger partial charge in [0.25, 0.3) is 11.6 Å². The first-order valence-corrected chi connectivity index (χ1v) is 3.83. The standard InChI is InChI=1S/C8H9N3O3/c1-5-3-2-4-6(11(13)14)7(5)8(12)10-9/h2-4H,9H2,1H3,(H,10,12). The molecule has 0 heterocycles. The van der Waals surface area contributed by atoms with Gasteiger partial charge in [0.05, 0.1) is 4.92 Å². The van der Waals surface area contributed by atoms with Crippen molar-refractivity contribution in [3.63, 3.8) is 0 Å². The van der Waals surface area contributed by atoms with Gasteiger partial charge in [-0.05, 0) is 12.5 Å². The molecule has 0 aromatic heterocycles. The van der Waals surface area contributed by atoms with Gasteiger partial charge in [0.15, 0.2) is 0 Å². The summed E-state index contributed by atoms with van der Waals surface area (Å²) in [7, 11) is 0. The molecule has 3 N–H and O–H groups in total. The summed E-state index contributed by atoms with van der Waals surface area (Å²) in [6.07, 6.45) is 0. The molecule has 0 atom stereocenters. The Morgan fingerprint density at radius 3 is 2.71 bits per heavy atom. The van der Waals surface area contributed by atoms with Gasteiger partial charge in [-0.3, -0.25) is 20.3 Å². The highest BCUT2D eigenvalue weighted by Gasteiger charge is 2.20. The van der Waals surface area contributed by atoms with E-state index in [9.17, 15) is 14.9 Å². The number of carbonyl (C=O) groups is 1. The van der Waals surface area contributed by atoms with Gasteiger partial charge in [-0.2, -0.15) is 0 Å². The van der Waals surface area contributed by atoms with Crippen LogP contribution in [0.3, 0.4) is 0 Å². The Balaban J connectivity index is 3.36. The molecule has 6 heteroatoms. The van der Waals surface area contributed by atoms with Crippen molar-refractivity contribution in [3.8, 4) is 0 Å². The molecule has 1 aromatic rings. The van der Waals surface area contributed by atoms with Crippen molar-refractivity contribution in [1.82, 2.24) is 5.43 Å². The van der Waals surface area contributed by atoms with E-state index in [1.54, 1.807) is 13.0 Å². The highest BCUT2D eigenvalue weighted by atomic mass is 16.6. The molecule has 0 bridgehead atoms. The summed E-state index contributed by atoms with van der Waals surface area (Å²) in [6, 6.07) is 4.38. The number of aryl methyl sites for hydroxylation is 1. The highest BCUT2D eigenvalue weighted by Crippen LogP contribution is 2.21. The van der Waals surface area contributed by atoms with Crippen molar-refractivity contribution in [3.05, 3.63) is 39.4 Å². The third-order valence-corrected chi connectivity index (χ3v) is 1.81. The lowest BCUT2D eigenvalue weighted by Crippen LogP contribution is -2.31. The summed E-state index contributed by atoms with van der Waals surface area (Å²) >= 11 is 0. The molecule has 0 aliphatic heterocycles. The number of hydrogen-bond donors (Lipinski definition) is 2. The van der Waals surface area contributed by atoms with Gasteiger partial charge < -0.3 is 0 Å². The molecule has 1 rings (SSSR count). The quantitative estimate of drug-likeness (QED) is 0.311. The Morgan fingerprint density at radius 2 is 2.21 bits per heavy atom. The molecule has 1 aromatic carbocycles. The number of hydrazine groups is 1. The summed E-state index contributed by atoms with van der Waals surface area (Å²) < 4.78 is 0. The first-order valence-electron chi connectivity index (χ1n) is 3.83. The highest BCUT2D eigenvalue weighted by molar-refractivity contribution is 5.99. The van der Waals surface area contributed by atoms with Gasteiger partial charge in [-0.1, -0.05) is 12.1 Å². The van der Waals surface area contributed by atoms with Crippen LogP contribution in [0.15, 0.2) is 18.2 Å². The molecule has 0 aliphatic rings. The lowest BCUT2D eigenvalue weighted by molar-refractivity contribution is -0.385. The number of nitrogens with one attached hydrogen (secondary N) is 1. The summed E-state index contributed by atoms with van der Waals surface area (Å²) in [5.41, 5.74) is 2.15. The predicted molar refractivity (Wildman–Crippen MR) is 49.5 cm³/mol. The molecule has 0 saturated carbocycles. The molecular formula is C8H9N3O3. The second kappa shape index (κ2) is 3.84. The van der Waals surface area contributed by atoms with Gasteiger partial charge in [0.1, 0.15) is 5.56 Å². The third kappa shape index (κ3) is 1.69. The summed E-state index contributed by atoms with van der Waals surface area (Å²) in [6.45, 7) is 1.61. The molecule has 6 nitrogen and oxygen atoms in total. The van der Waals surface area contributed by atoms with Crippen LogP contribution in [-0.4, -0.2) is 10.8 Å². The zero-order valence-electron chi connectivity index (χ0n) is 7.48. The van der Waals surface area contributed by atoms with Gasteiger partial charge >= 0.3 is 0 Å². The number of carbonyl (C=O) groups excluding carboxylic acids is 1.